The van der Waals surface area contributed by atoms with Crippen LogP contribution in [0.25, 0.3) is 0 Å². The standard InChI is InChI=1S/C12H22N4OS/c1-5-10-15-11(13-6-2)7-12(16-10)14-9(3)8-18(4)17/h7,9H,5-6,8H2,1-4H3,(H2,13,14,15,16). The van der Waals surface area contributed by atoms with Crippen molar-refractivity contribution in [2.45, 2.75) is 33.2 Å². The molecule has 0 aliphatic carbocycles. The van der Waals surface area contributed by atoms with Crippen LogP contribution in [0, 0.1) is 0 Å². The van der Waals surface area contributed by atoms with Gasteiger partial charge in [-0.1, -0.05) is 6.92 Å². The molecule has 6 heteroatoms. The average molecular weight is 270 g/mol. The van der Waals surface area contributed by atoms with Crippen LogP contribution >= 0.6 is 0 Å². The van der Waals surface area contributed by atoms with Crippen LogP contribution < -0.4 is 10.6 Å². The number of nitrogens with one attached hydrogen (secondary N) is 2. The summed E-state index contributed by atoms with van der Waals surface area (Å²) < 4.78 is 11.2. The number of hydrogen-bond acceptors (Lipinski definition) is 5. The van der Waals surface area contributed by atoms with Gasteiger partial charge in [0.15, 0.2) is 0 Å². The van der Waals surface area contributed by atoms with Gasteiger partial charge in [0.2, 0.25) is 0 Å². The Labute approximate surface area is 111 Å². The second kappa shape index (κ2) is 7.31. The highest BCUT2D eigenvalue weighted by Crippen LogP contribution is 2.12. The molecule has 1 rings (SSSR count). The molecule has 2 atom stereocenters. The van der Waals surface area contributed by atoms with Crippen LogP contribution in [0.2, 0.25) is 0 Å². The van der Waals surface area contributed by atoms with Crippen molar-refractivity contribution in [3.05, 3.63) is 11.9 Å². The predicted molar refractivity (Wildman–Crippen MR) is 77.6 cm³/mol. The van der Waals surface area contributed by atoms with E-state index in [0.717, 1.165) is 30.4 Å². The second-order valence-corrected chi connectivity index (χ2v) is 5.70. The fraction of sp³-hybridized carbons (Fsp3) is 0.667. The van der Waals surface area contributed by atoms with Gasteiger partial charge in [-0.2, -0.15) is 0 Å². The van der Waals surface area contributed by atoms with Gasteiger partial charge < -0.3 is 10.6 Å². The van der Waals surface area contributed by atoms with Crippen LogP contribution in [0.15, 0.2) is 6.07 Å². The summed E-state index contributed by atoms with van der Waals surface area (Å²) in [7, 11) is -0.807. The van der Waals surface area contributed by atoms with Gasteiger partial charge in [0.05, 0.1) is 0 Å². The first-order valence-corrected chi connectivity index (χ1v) is 7.96. The quantitative estimate of drug-likeness (QED) is 0.788. The normalized spacial score (nSPS) is 14.0. The summed E-state index contributed by atoms with van der Waals surface area (Å²) in [5.74, 6) is 3.04. The Morgan fingerprint density at radius 3 is 2.56 bits per heavy atom. The van der Waals surface area contributed by atoms with Crippen LogP contribution in [0.1, 0.15) is 26.6 Å². The highest BCUT2D eigenvalue weighted by atomic mass is 32.2. The number of aryl methyl sites for hydroxylation is 1. The first-order valence-electron chi connectivity index (χ1n) is 6.23. The Kier molecular flexibility index (Phi) is 6.04. The molecule has 0 fully saturated rings. The van der Waals surface area contributed by atoms with E-state index in [1.165, 1.54) is 0 Å². The van der Waals surface area contributed by atoms with Gasteiger partial charge in [-0.15, -0.1) is 0 Å². The monoisotopic (exact) mass is 270 g/mol. The Hall–Kier alpha value is -1.17. The van der Waals surface area contributed by atoms with Crippen LogP contribution in [-0.4, -0.2) is 38.8 Å². The number of rotatable bonds is 7. The van der Waals surface area contributed by atoms with Crippen molar-refractivity contribution in [1.82, 2.24) is 9.97 Å². The Morgan fingerprint density at radius 2 is 2.00 bits per heavy atom. The Balaban J connectivity index is 2.80. The van der Waals surface area contributed by atoms with Gasteiger partial charge in [0.1, 0.15) is 17.5 Å². The van der Waals surface area contributed by atoms with E-state index < -0.39 is 10.8 Å². The van der Waals surface area contributed by atoms with Crippen molar-refractivity contribution < 1.29 is 4.21 Å². The van der Waals surface area contributed by atoms with Crippen molar-refractivity contribution in [2.24, 2.45) is 0 Å². The lowest BCUT2D eigenvalue weighted by Crippen LogP contribution is -2.23. The van der Waals surface area contributed by atoms with Gasteiger partial charge in [0, 0.05) is 47.9 Å². The molecule has 0 aliphatic heterocycles. The zero-order valence-electron chi connectivity index (χ0n) is 11.5. The maximum absolute atomic E-state index is 11.2. The SMILES string of the molecule is CCNc1cc(NC(C)CS(C)=O)nc(CC)n1. The lowest BCUT2D eigenvalue weighted by Gasteiger charge is -2.14. The number of hydrogen-bond donors (Lipinski definition) is 2. The molecule has 0 saturated heterocycles. The zero-order valence-corrected chi connectivity index (χ0v) is 12.3. The number of aromatic nitrogens is 2. The fourth-order valence-corrected chi connectivity index (χ4v) is 2.43. The summed E-state index contributed by atoms with van der Waals surface area (Å²) >= 11 is 0. The van der Waals surface area contributed by atoms with E-state index in [0.29, 0.717) is 5.75 Å². The molecule has 1 aromatic rings. The van der Waals surface area contributed by atoms with Gasteiger partial charge in [0.25, 0.3) is 0 Å². The molecule has 0 bridgehead atoms. The molecular formula is C12H22N4OS. The molecule has 102 valence electrons. The average Bonchev–Trinajstić information content (AvgIpc) is 2.27. The largest absolute Gasteiger partial charge is 0.370 e. The van der Waals surface area contributed by atoms with E-state index in [4.69, 9.17) is 0 Å². The van der Waals surface area contributed by atoms with E-state index in [1.807, 2.05) is 26.8 Å². The summed E-state index contributed by atoms with van der Waals surface area (Å²) in [6, 6.07) is 2.02. The Morgan fingerprint density at radius 1 is 1.33 bits per heavy atom. The van der Waals surface area contributed by atoms with E-state index in [-0.39, 0.29) is 6.04 Å². The van der Waals surface area contributed by atoms with E-state index in [2.05, 4.69) is 20.6 Å². The van der Waals surface area contributed by atoms with E-state index >= 15 is 0 Å². The second-order valence-electron chi connectivity index (χ2n) is 4.22. The zero-order chi connectivity index (χ0) is 13.5. The number of nitrogens with zero attached hydrogens (tertiary/aromatic N) is 2. The summed E-state index contributed by atoms with van der Waals surface area (Å²) in [6.45, 7) is 6.89. The van der Waals surface area contributed by atoms with Crippen molar-refractivity contribution in [3.63, 3.8) is 0 Å². The molecule has 1 aromatic heterocycles. The third-order valence-corrected chi connectivity index (χ3v) is 3.29. The summed E-state index contributed by atoms with van der Waals surface area (Å²) in [4.78, 5) is 8.81. The molecular weight excluding hydrogens is 248 g/mol. The van der Waals surface area contributed by atoms with Crippen LogP contribution in [-0.2, 0) is 17.2 Å². The lowest BCUT2D eigenvalue weighted by atomic mass is 10.3. The minimum atomic E-state index is -0.807. The van der Waals surface area contributed by atoms with Crippen molar-refractivity contribution in [2.75, 3.05) is 29.2 Å². The molecule has 0 saturated carbocycles. The molecule has 1 heterocycles. The topological polar surface area (TPSA) is 66.9 Å². The molecule has 2 unspecified atom stereocenters. The van der Waals surface area contributed by atoms with Crippen LogP contribution in [0.4, 0.5) is 11.6 Å². The first-order chi connectivity index (χ1) is 8.55. The summed E-state index contributed by atoms with van der Waals surface area (Å²) in [5, 5.41) is 6.45. The molecule has 0 amide bonds. The van der Waals surface area contributed by atoms with Crippen LogP contribution in [0.3, 0.4) is 0 Å². The lowest BCUT2D eigenvalue weighted by molar-refractivity contribution is 0.682. The third-order valence-electron chi connectivity index (χ3n) is 2.33. The molecule has 0 radical (unpaired) electrons. The smallest absolute Gasteiger partial charge is 0.132 e. The molecule has 0 aliphatic rings. The molecule has 2 N–H and O–H groups in total. The minimum absolute atomic E-state index is 0.130. The molecule has 5 nitrogen and oxygen atoms in total. The maximum Gasteiger partial charge on any atom is 0.132 e. The first kappa shape index (κ1) is 14.9. The highest BCUT2D eigenvalue weighted by molar-refractivity contribution is 7.84. The molecule has 18 heavy (non-hydrogen) atoms. The number of anilines is 2. The van der Waals surface area contributed by atoms with Gasteiger partial charge in [-0.3, -0.25) is 4.21 Å². The van der Waals surface area contributed by atoms with Gasteiger partial charge in [-0.05, 0) is 13.8 Å². The van der Waals surface area contributed by atoms with E-state index in [1.54, 1.807) is 6.26 Å². The third kappa shape index (κ3) is 5.00. The highest BCUT2D eigenvalue weighted by Gasteiger charge is 2.08. The summed E-state index contributed by atoms with van der Waals surface area (Å²) in [5.41, 5.74) is 0. The van der Waals surface area contributed by atoms with Crippen molar-refractivity contribution in [3.8, 4) is 0 Å². The van der Waals surface area contributed by atoms with Crippen molar-refractivity contribution >= 4 is 22.4 Å². The van der Waals surface area contributed by atoms with Gasteiger partial charge in [-0.25, -0.2) is 9.97 Å². The van der Waals surface area contributed by atoms with Crippen molar-refractivity contribution in [1.29, 1.82) is 0 Å². The molecule has 0 spiro atoms. The van der Waals surface area contributed by atoms with E-state index in [9.17, 15) is 4.21 Å². The summed E-state index contributed by atoms with van der Waals surface area (Å²) in [6.07, 6.45) is 2.50. The molecule has 0 aromatic carbocycles. The Bertz CT molecular complexity index is 411. The minimum Gasteiger partial charge on any atom is -0.370 e. The predicted octanol–water partition coefficient (Wildman–Crippen LogP) is 1.65. The maximum atomic E-state index is 11.2. The van der Waals surface area contributed by atoms with Crippen LogP contribution in [0.5, 0.6) is 0 Å². The van der Waals surface area contributed by atoms with Gasteiger partial charge >= 0.3 is 0 Å². The fourth-order valence-electron chi connectivity index (χ4n) is 1.65.